The third-order valence-electron chi connectivity index (χ3n) is 3.98. The highest BCUT2D eigenvalue weighted by Gasteiger charge is 2.09. The summed E-state index contributed by atoms with van der Waals surface area (Å²) in [7, 11) is 0. The second-order valence-electron chi connectivity index (χ2n) is 6.25. The van der Waals surface area contributed by atoms with Crippen molar-refractivity contribution in [2.75, 3.05) is 10.6 Å². The molecule has 0 fully saturated rings. The van der Waals surface area contributed by atoms with Crippen molar-refractivity contribution >= 4 is 40.5 Å². The van der Waals surface area contributed by atoms with E-state index in [1.807, 2.05) is 19.9 Å². The summed E-state index contributed by atoms with van der Waals surface area (Å²) in [6, 6.07) is 14.1. The van der Waals surface area contributed by atoms with Crippen LogP contribution in [-0.2, 0) is 4.79 Å². The number of ether oxygens (including phenoxy) is 1. The van der Waals surface area contributed by atoms with Crippen molar-refractivity contribution in [1.82, 2.24) is 5.32 Å². The molecule has 0 saturated carbocycles. The Morgan fingerprint density at radius 2 is 1.68 bits per heavy atom. The molecule has 2 amide bonds. The number of amides is 2. The molecule has 0 saturated heterocycles. The topological polar surface area (TPSA) is 79.5 Å². The molecule has 0 spiro atoms. The fraction of sp³-hybridized carbons (Fsp3) is 0.286. The van der Waals surface area contributed by atoms with Crippen LogP contribution in [0.25, 0.3) is 0 Å². The Morgan fingerprint density at radius 3 is 2.29 bits per heavy atom. The quantitative estimate of drug-likeness (QED) is 0.604. The lowest BCUT2D eigenvalue weighted by Gasteiger charge is -2.13. The van der Waals surface area contributed by atoms with E-state index in [9.17, 15) is 9.59 Å². The lowest BCUT2D eigenvalue weighted by molar-refractivity contribution is -0.119. The number of carbonyl (C=O) groups excluding carboxylic acids is 2. The fourth-order valence-electron chi connectivity index (χ4n) is 2.24. The molecule has 0 aromatic heterocycles. The average molecular weight is 400 g/mol. The van der Waals surface area contributed by atoms with Gasteiger partial charge < -0.3 is 20.7 Å². The van der Waals surface area contributed by atoms with Gasteiger partial charge >= 0.3 is 0 Å². The van der Waals surface area contributed by atoms with Crippen molar-refractivity contribution in [3.63, 3.8) is 0 Å². The SMILES string of the molecule is CCC(=O)NC(=S)Nc1ccc(NC(=O)c2cccc(O[C@H](C)CC)c2)cc1. The summed E-state index contributed by atoms with van der Waals surface area (Å²) in [4.78, 5) is 23.8. The smallest absolute Gasteiger partial charge is 0.255 e. The molecule has 2 aromatic rings. The fourth-order valence-corrected chi connectivity index (χ4v) is 2.48. The van der Waals surface area contributed by atoms with E-state index in [2.05, 4.69) is 16.0 Å². The van der Waals surface area contributed by atoms with E-state index >= 15 is 0 Å². The molecular weight excluding hydrogens is 374 g/mol. The predicted octanol–water partition coefficient (Wildman–Crippen LogP) is 4.34. The van der Waals surface area contributed by atoms with Gasteiger partial charge in [-0.05, 0) is 68.0 Å². The van der Waals surface area contributed by atoms with Crippen molar-refractivity contribution in [3.05, 3.63) is 54.1 Å². The first kappa shape index (κ1) is 21.4. The summed E-state index contributed by atoms with van der Waals surface area (Å²) in [6.07, 6.45) is 1.34. The zero-order valence-electron chi connectivity index (χ0n) is 16.2. The zero-order valence-corrected chi connectivity index (χ0v) is 17.1. The second-order valence-corrected chi connectivity index (χ2v) is 6.66. The van der Waals surface area contributed by atoms with E-state index in [1.54, 1.807) is 49.4 Å². The van der Waals surface area contributed by atoms with E-state index < -0.39 is 0 Å². The molecule has 0 unspecified atom stereocenters. The van der Waals surface area contributed by atoms with Crippen LogP contribution < -0.4 is 20.7 Å². The molecule has 2 rings (SSSR count). The molecule has 0 radical (unpaired) electrons. The lowest BCUT2D eigenvalue weighted by atomic mass is 10.2. The van der Waals surface area contributed by atoms with Crippen LogP contribution in [0.2, 0.25) is 0 Å². The highest BCUT2D eigenvalue weighted by Crippen LogP contribution is 2.18. The molecule has 1 atom stereocenters. The van der Waals surface area contributed by atoms with Crippen LogP contribution in [0.3, 0.4) is 0 Å². The highest BCUT2D eigenvalue weighted by atomic mass is 32.1. The minimum absolute atomic E-state index is 0.0894. The first-order chi connectivity index (χ1) is 13.4. The van der Waals surface area contributed by atoms with Crippen molar-refractivity contribution in [1.29, 1.82) is 0 Å². The number of carbonyl (C=O) groups is 2. The highest BCUT2D eigenvalue weighted by molar-refractivity contribution is 7.80. The molecule has 0 bridgehead atoms. The van der Waals surface area contributed by atoms with Crippen molar-refractivity contribution in [2.24, 2.45) is 0 Å². The van der Waals surface area contributed by atoms with Gasteiger partial charge in [0.1, 0.15) is 5.75 Å². The number of hydrogen-bond donors (Lipinski definition) is 3. The molecule has 0 aliphatic carbocycles. The summed E-state index contributed by atoms with van der Waals surface area (Å²) in [5, 5.41) is 8.58. The summed E-state index contributed by atoms with van der Waals surface area (Å²) in [5.41, 5.74) is 1.88. The van der Waals surface area contributed by atoms with Crippen molar-refractivity contribution in [2.45, 2.75) is 39.7 Å². The predicted molar refractivity (Wildman–Crippen MR) is 116 cm³/mol. The van der Waals surface area contributed by atoms with Gasteiger partial charge in [0, 0.05) is 23.4 Å². The molecule has 0 aliphatic rings. The summed E-state index contributed by atoms with van der Waals surface area (Å²) in [6.45, 7) is 5.79. The third kappa shape index (κ3) is 6.66. The molecule has 28 heavy (non-hydrogen) atoms. The van der Waals surface area contributed by atoms with Crippen LogP contribution in [0.4, 0.5) is 11.4 Å². The molecular formula is C21H25N3O3S. The molecule has 2 aromatic carbocycles. The van der Waals surface area contributed by atoms with Gasteiger partial charge in [-0.3, -0.25) is 9.59 Å². The number of benzene rings is 2. The van der Waals surface area contributed by atoms with Crippen LogP contribution in [0.5, 0.6) is 5.75 Å². The van der Waals surface area contributed by atoms with E-state index in [0.29, 0.717) is 29.1 Å². The maximum atomic E-state index is 12.5. The third-order valence-corrected chi connectivity index (χ3v) is 4.19. The molecule has 6 nitrogen and oxygen atoms in total. The van der Waals surface area contributed by atoms with Crippen LogP contribution in [-0.4, -0.2) is 23.0 Å². The number of hydrogen-bond acceptors (Lipinski definition) is 4. The van der Waals surface area contributed by atoms with Crippen LogP contribution in [0.15, 0.2) is 48.5 Å². The van der Waals surface area contributed by atoms with Crippen LogP contribution in [0, 0.1) is 0 Å². The van der Waals surface area contributed by atoms with Crippen LogP contribution in [0.1, 0.15) is 44.0 Å². The zero-order chi connectivity index (χ0) is 20.5. The van der Waals surface area contributed by atoms with Gasteiger partial charge in [-0.2, -0.15) is 0 Å². The number of thiocarbonyl (C=S) groups is 1. The molecule has 0 aliphatic heterocycles. The number of rotatable bonds is 7. The Balaban J connectivity index is 1.96. The van der Waals surface area contributed by atoms with E-state index in [4.69, 9.17) is 17.0 Å². The second kappa shape index (κ2) is 10.4. The number of anilines is 2. The Kier molecular flexibility index (Phi) is 7.95. The van der Waals surface area contributed by atoms with Crippen molar-refractivity contribution < 1.29 is 14.3 Å². The molecule has 148 valence electrons. The Hall–Kier alpha value is -2.93. The maximum Gasteiger partial charge on any atom is 0.255 e. The van der Waals surface area contributed by atoms with Gasteiger partial charge in [-0.25, -0.2) is 0 Å². The standard InChI is InChI=1S/C21H25N3O3S/c1-4-14(3)27-18-8-6-7-15(13-18)20(26)22-16-9-11-17(12-10-16)23-21(28)24-19(25)5-2/h6-14H,4-5H2,1-3H3,(H,22,26)(H2,23,24,25,28)/t14-/m1/s1. The van der Waals surface area contributed by atoms with E-state index in [0.717, 1.165) is 6.42 Å². The van der Waals surface area contributed by atoms with Gasteiger partial charge in [0.2, 0.25) is 5.91 Å². The summed E-state index contributed by atoms with van der Waals surface area (Å²) in [5.74, 6) is 0.297. The molecule has 0 heterocycles. The minimum atomic E-state index is -0.221. The minimum Gasteiger partial charge on any atom is -0.491 e. The van der Waals surface area contributed by atoms with Crippen LogP contribution >= 0.6 is 12.2 Å². The monoisotopic (exact) mass is 399 g/mol. The first-order valence-electron chi connectivity index (χ1n) is 9.20. The van der Waals surface area contributed by atoms with E-state index in [1.165, 1.54) is 0 Å². The van der Waals surface area contributed by atoms with E-state index in [-0.39, 0.29) is 23.0 Å². The van der Waals surface area contributed by atoms with Gasteiger partial charge in [-0.15, -0.1) is 0 Å². The normalized spacial score (nSPS) is 11.2. The first-order valence-corrected chi connectivity index (χ1v) is 9.61. The Morgan fingerprint density at radius 1 is 1.04 bits per heavy atom. The Labute approximate surface area is 170 Å². The van der Waals surface area contributed by atoms with Crippen molar-refractivity contribution in [3.8, 4) is 5.75 Å². The average Bonchev–Trinajstić information content (AvgIpc) is 2.69. The summed E-state index contributed by atoms with van der Waals surface area (Å²) >= 11 is 5.07. The molecule has 7 heteroatoms. The van der Waals surface area contributed by atoms with Gasteiger partial charge in [0.25, 0.3) is 5.91 Å². The number of nitrogens with one attached hydrogen (secondary N) is 3. The van der Waals surface area contributed by atoms with Gasteiger partial charge in [0.15, 0.2) is 5.11 Å². The molecule has 3 N–H and O–H groups in total. The largest absolute Gasteiger partial charge is 0.491 e. The van der Waals surface area contributed by atoms with Gasteiger partial charge in [-0.1, -0.05) is 19.9 Å². The lowest BCUT2D eigenvalue weighted by Crippen LogP contribution is -2.33. The summed E-state index contributed by atoms with van der Waals surface area (Å²) < 4.78 is 5.76. The Bertz CT molecular complexity index is 837. The maximum absolute atomic E-state index is 12.5. The van der Waals surface area contributed by atoms with Gasteiger partial charge in [0.05, 0.1) is 6.10 Å².